The quantitative estimate of drug-likeness (QED) is 0.846. The minimum atomic E-state index is -0.967. The average molecular weight is 278 g/mol. The monoisotopic (exact) mass is 278 g/mol. The molecule has 0 saturated heterocycles. The van der Waals surface area contributed by atoms with E-state index in [-0.39, 0.29) is 17.8 Å². The van der Waals surface area contributed by atoms with Crippen LogP contribution in [-0.4, -0.2) is 27.8 Å². The molecule has 3 aliphatic rings. The second kappa shape index (κ2) is 4.45. The normalized spacial score (nSPS) is 22.9. The summed E-state index contributed by atoms with van der Waals surface area (Å²) in [7, 11) is 0. The molecule has 1 heterocycles. The molecule has 4 heteroatoms. The Morgan fingerprint density at radius 3 is 2.76 bits per heavy atom. The standard InChI is InChI=1S/C17H14N2O2/c20-17(21)15-14-10-11-6-4-5-9-13(11)16(14)19(18-15)12-7-2-1-3-8-12/h2-10,12,16H,1H2,(H,20,21). The van der Waals surface area contributed by atoms with Gasteiger partial charge < -0.3 is 5.11 Å². The zero-order chi connectivity index (χ0) is 14.4. The summed E-state index contributed by atoms with van der Waals surface area (Å²) in [4.78, 5) is 11.5. The number of hydrazone groups is 1. The van der Waals surface area contributed by atoms with Gasteiger partial charge in [0, 0.05) is 5.57 Å². The summed E-state index contributed by atoms with van der Waals surface area (Å²) < 4.78 is 0. The molecule has 0 bridgehead atoms. The van der Waals surface area contributed by atoms with Crippen LogP contribution in [0.15, 0.2) is 59.2 Å². The highest BCUT2D eigenvalue weighted by Gasteiger charge is 2.42. The van der Waals surface area contributed by atoms with Crippen LogP contribution in [0.25, 0.3) is 6.08 Å². The number of fused-ring (bicyclic) bond motifs is 3. The fourth-order valence-electron chi connectivity index (χ4n) is 3.18. The summed E-state index contributed by atoms with van der Waals surface area (Å²) in [6.45, 7) is 0. The zero-order valence-corrected chi connectivity index (χ0v) is 11.3. The molecule has 0 amide bonds. The Kier molecular flexibility index (Phi) is 2.57. The maximum Gasteiger partial charge on any atom is 0.356 e. The molecule has 2 aliphatic carbocycles. The van der Waals surface area contributed by atoms with Crippen molar-refractivity contribution in [2.24, 2.45) is 5.10 Å². The van der Waals surface area contributed by atoms with Crippen molar-refractivity contribution in [3.63, 3.8) is 0 Å². The van der Waals surface area contributed by atoms with E-state index >= 15 is 0 Å². The highest BCUT2D eigenvalue weighted by atomic mass is 16.4. The van der Waals surface area contributed by atoms with Crippen LogP contribution >= 0.6 is 0 Å². The van der Waals surface area contributed by atoms with Crippen molar-refractivity contribution < 1.29 is 9.90 Å². The molecule has 1 aromatic carbocycles. The van der Waals surface area contributed by atoms with E-state index in [1.807, 2.05) is 35.4 Å². The Hall–Kier alpha value is -2.62. The summed E-state index contributed by atoms with van der Waals surface area (Å²) in [6.07, 6.45) is 11.2. The Morgan fingerprint density at radius 2 is 2.00 bits per heavy atom. The molecule has 0 fully saturated rings. The lowest BCUT2D eigenvalue weighted by molar-refractivity contribution is -0.129. The number of aliphatic carboxylic acids is 1. The first kappa shape index (κ1) is 12.1. The largest absolute Gasteiger partial charge is 0.476 e. The molecule has 4 rings (SSSR count). The van der Waals surface area contributed by atoms with Crippen molar-refractivity contribution >= 4 is 17.8 Å². The number of nitrogens with zero attached hydrogens (tertiary/aromatic N) is 2. The van der Waals surface area contributed by atoms with Crippen LogP contribution in [-0.2, 0) is 4.79 Å². The molecule has 1 atom stereocenters. The van der Waals surface area contributed by atoms with Gasteiger partial charge in [-0.2, -0.15) is 5.10 Å². The first-order chi connectivity index (χ1) is 10.3. The molecule has 1 unspecified atom stereocenters. The van der Waals surface area contributed by atoms with E-state index in [1.54, 1.807) is 0 Å². The van der Waals surface area contributed by atoms with Crippen molar-refractivity contribution in [1.82, 2.24) is 5.01 Å². The first-order valence-electron chi connectivity index (χ1n) is 7.00. The number of carboxylic acid groups (broad SMARTS) is 1. The van der Waals surface area contributed by atoms with Gasteiger partial charge in [0.25, 0.3) is 0 Å². The number of carboxylic acids is 1. The molecular weight excluding hydrogens is 264 g/mol. The Balaban J connectivity index is 1.83. The van der Waals surface area contributed by atoms with E-state index in [4.69, 9.17) is 0 Å². The molecular formula is C17H14N2O2. The Labute approximate surface area is 122 Å². The van der Waals surface area contributed by atoms with E-state index in [0.717, 1.165) is 23.1 Å². The molecule has 0 aromatic heterocycles. The topological polar surface area (TPSA) is 52.9 Å². The molecule has 1 aromatic rings. The van der Waals surface area contributed by atoms with Gasteiger partial charge in [-0.3, -0.25) is 5.01 Å². The van der Waals surface area contributed by atoms with Crippen LogP contribution in [0.3, 0.4) is 0 Å². The fourth-order valence-corrected chi connectivity index (χ4v) is 3.18. The minimum absolute atomic E-state index is 0.00940. The fraction of sp³-hybridized carbons (Fsp3) is 0.176. The number of rotatable bonds is 2. The van der Waals surface area contributed by atoms with Gasteiger partial charge >= 0.3 is 5.97 Å². The number of hydrogen-bond acceptors (Lipinski definition) is 3. The van der Waals surface area contributed by atoms with Gasteiger partial charge in [0.2, 0.25) is 0 Å². The van der Waals surface area contributed by atoms with E-state index in [1.165, 1.54) is 0 Å². The maximum atomic E-state index is 11.5. The van der Waals surface area contributed by atoms with Gasteiger partial charge in [0.15, 0.2) is 5.71 Å². The predicted octanol–water partition coefficient (Wildman–Crippen LogP) is 2.77. The average Bonchev–Trinajstić information content (AvgIpc) is 3.05. The summed E-state index contributed by atoms with van der Waals surface area (Å²) in [5, 5.41) is 15.7. The molecule has 104 valence electrons. The third-order valence-electron chi connectivity index (χ3n) is 4.10. The predicted molar refractivity (Wildman–Crippen MR) is 80.8 cm³/mol. The molecule has 0 spiro atoms. The molecule has 1 aliphatic heterocycles. The van der Waals surface area contributed by atoms with Crippen LogP contribution in [0.1, 0.15) is 23.6 Å². The van der Waals surface area contributed by atoms with Crippen LogP contribution in [0, 0.1) is 0 Å². The molecule has 0 saturated carbocycles. The van der Waals surface area contributed by atoms with Crippen LogP contribution in [0.2, 0.25) is 0 Å². The van der Waals surface area contributed by atoms with E-state index in [2.05, 4.69) is 29.4 Å². The van der Waals surface area contributed by atoms with Gasteiger partial charge in [0.1, 0.15) is 6.04 Å². The third-order valence-corrected chi connectivity index (χ3v) is 4.10. The minimum Gasteiger partial charge on any atom is -0.476 e. The zero-order valence-electron chi connectivity index (χ0n) is 11.3. The summed E-state index contributed by atoms with van der Waals surface area (Å²) in [5.41, 5.74) is 3.15. The lowest BCUT2D eigenvalue weighted by Crippen LogP contribution is -2.29. The van der Waals surface area contributed by atoms with E-state index in [9.17, 15) is 9.90 Å². The van der Waals surface area contributed by atoms with Crippen molar-refractivity contribution in [2.45, 2.75) is 18.5 Å². The van der Waals surface area contributed by atoms with Gasteiger partial charge in [-0.25, -0.2) is 4.79 Å². The lowest BCUT2D eigenvalue weighted by atomic mass is 10.00. The summed E-state index contributed by atoms with van der Waals surface area (Å²) in [6, 6.07) is 7.94. The van der Waals surface area contributed by atoms with E-state index < -0.39 is 5.97 Å². The SMILES string of the molecule is O=C(O)C1=NN(C2C=CCC=C2)C2C1=Cc1ccccc12. The van der Waals surface area contributed by atoms with Gasteiger partial charge in [-0.15, -0.1) is 0 Å². The number of carbonyl (C=O) groups is 1. The van der Waals surface area contributed by atoms with Crippen molar-refractivity contribution in [3.05, 3.63) is 65.3 Å². The summed E-state index contributed by atoms with van der Waals surface area (Å²) >= 11 is 0. The van der Waals surface area contributed by atoms with Crippen molar-refractivity contribution in [1.29, 1.82) is 0 Å². The third kappa shape index (κ3) is 1.76. The molecule has 1 N–H and O–H groups in total. The van der Waals surface area contributed by atoms with Crippen molar-refractivity contribution in [3.8, 4) is 0 Å². The van der Waals surface area contributed by atoms with E-state index in [0.29, 0.717) is 0 Å². The lowest BCUT2D eigenvalue weighted by Gasteiger charge is -2.29. The smallest absolute Gasteiger partial charge is 0.356 e. The number of benzene rings is 1. The molecule has 0 radical (unpaired) electrons. The second-order valence-corrected chi connectivity index (χ2v) is 5.35. The molecule has 4 nitrogen and oxygen atoms in total. The number of allylic oxidation sites excluding steroid dienone is 2. The highest BCUT2D eigenvalue weighted by molar-refractivity contribution is 6.44. The summed E-state index contributed by atoms with van der Waals surface area (Å²) in [5.74, 6) is -0.967. The Morgan fingerprint density at radius 1 is 1.24 bits per heavy atom. The number of hydrogen-bond donors (Lipinski definition) is 1. The van der Waals surface area contributed by atoms with Gasteiger partial charge in [-0.05, 0) is 23.6 Å². The van der Waals surface area contributed by atoms with Crippen LogP contribution in [0.5, 0.6) is 0 Å². The first-order valence-corrected chi connectivity index (χ1v) is 7.00. The molecule has 21 heavy (non-hydrogen) atoms. The van der Waals surface area contributed by atoms with Crippen LogP contribution < -0.4 is 0 Å². The maximum absolute atomic E-state index is 11.5. The highest BCUT2D eigenvalue weighted by Crippen LogP contribution is 2.44. The van der Waals surface area contributed by atoms with Gasteiger partial charge in [-0.1, -0.05) is 48.6 Å². The van der Waals surface area contributed by atoms with Gasteiger partial charge in [0.05, 0.1) is 6.04 Å². The second-order valence-electron chi connectivity index (χ2n) is 5.35. The van der Waals surface area contributed by atoms with Crippen LogP contribution in [0.4, 0.5) is 0 Å². The van der Waals surface area contributed by atoms with Crippen molar-refractivity contribution in [2.75, 3.05) is 0 Å². The Bertz CT molecular complexity index is 731.